The number of hydrogen-bond acceptors (Lipinski definition) is 5. The lowest BCUT2D eigenvalue weighted by Crippen LogP contribution is -2.50. The van der Waals surface area contributed by atoms with E-state index in [1.165, 1.54) is 6.42 Å². The summed E-state index contributed by atoms with van der Waals surface area (Å²) in [5.74, 6) is 0.0420. The average Bonchev–Trinajstić information content (AvgIpc) is 3.27. The second-order valence-corrected chi connectivity index (χ2v) is 7.69. The molecule has 1 unspecified atom stereocenters. The monoisotopic (exact) mass is 357 g/mol. The number of hydrogen-bond donors (Lipinski definition) is 0. The van der Waals surface area contributed by atoms with Crippen molar-refractivity contribution >= 4 is 5.91 Å². The summed E-state index contributed by atoms with van der Waals surface area (Å²) in [6.07, 6.45) is 8.71. The predicted octanol–water partition coefficient (Wildman–Crippen LogP) is 0.450. The van der Waals surface area contributed by atoms with E-state index in [0.29, 0.717) is 17.8 Å². The third kappa shape index (κ3) is 3.26. The summed E-state index contributed by atoms with van der Waals surface area (Å²) in [5, 5.41) is 4.47. The second kappa shape index (κ2) is 6.85. The van der Waals surface area contributed by atoms with Gasteiger partial charge in [-0.3, -0.25) is 14.4 Å². The Hall–Kier alpha value is -2.19. The number of rotatable bonds is 5. The molecule has 2 aliphatic rings. The van der Waals surface area contributed by atoms with Crippen LogP contribution in [0, 0.1) is 0 Å². The largest absolute Gasteiger partial charge is 0.333 e. The highest BCUT2D eigenvalue weighted by atomic mass is 16.2. The Morgan fingerprint density at radius 3 is 2.77 bits per heavy atom. The molecule has 2 aromatic heterocycles. The van der Waals surface area contributed by atoms with E-state index in [4.69, 9.17) is 0 Å². The lowest BCUT2D eigenvalue weighted by Gasteiger charge is -2.39. The van der Waals surface area contributed by atoms with E-state index in [1.54, 1.807) is 10.9 Å². The fourth-order valence-electron chi connectivity index (χ4n) is 3.90. The van der Waals surface area contributed by atoms with Gasteiger partial charge in [0, 0.05) is 70.0 Å². The Morgan fingerprint density at radius 2 is 2.12 bits per heavy atom. The summed E-state index contributed by atoms with van der Waals surface area (Å²) < 4.78 is 3.82. The molecule has 4 heterocycles. The fraction of sp³-hybridized carbons (Fsp3) is 0.611. The lowest BCUT2D eigenvalue weighted by molar-refractivity contribution is 0.0511. The highest BCUT2D eigenvalue weighted by Crippen LogP contribution is 2.25. The second-order valence-electron chi connectivity index (χ2n) is 7.69. The Morgan fingerprint density at radius 1 is 1.31 bits per heavy atom. The van der Waals surface area contributed by atoms with Crippen LogP contribution in [0.15, 0.2) is 24.9 Å². The van der Waals surface area contributed by atoms with Gasteiger partial charge in [0.2, 0.25) is 0 Å². The zero-order valence-corrected chi connectivity index (χ0v) is 15.7. The van der Waals surface area contributed by atoms with Gasteiger partial charge < -0.3 is 14.4 Å². The molecule has 8 nitrogen and oxygen atoms in total. The van der Waals surface area contributed by atoms with Crippen molar-refractivity contribution in [3.8, 4) is 0 Å². The number of carbonyl (C=O) groups is 1. The maximum atomic E-state index is 12.9. The first-order valence-electron chi connectivity index (χ1n) is 9.19. The number of nitrogens with zero attached hydrogens (tertiary/aromatic N) is 7. The van der Waals surface area contributed by atoms with Gasteiger partial charge in [0.1, 0.15) is 0 Å². The van der Waals surface area contributed by atoms with Gasteiger partial charge in [-0.2, -0.15) is 5.10 Å². The van der Waals surface area contributed by atoms with Gasteiger partial charge in [0.15, 0.2) is 5.69 Å². The third-order valence-electron chi connectivity index (χ3n) is 5.57. The van der Waals surface area contributed by atoms with Gasteiger partial charge in [-0.1, -0.05) is 0 Å². The summed E-state index contributed by atoms with van der Waals surface area (Å²) in [6.45, 7) is 4.34. The van der Waals surface area contributed by atoms with E-state index in [1.807, 2.05) is 30.7 Å². The number of aromatic nitrogens is 4. The number of amides is 1. The maximum absolute atomic E-state index is 12.9. The van der Waals surface area contributed by atoms with Crippen LogP contribution in [0.4, 0.5) is 0 Å². The first-order valence-corrected chi connectivity index (χ1v) is 9.19. The molecule has 2 saturated heterocycles. The molecule has 26 heavy (non-hydrogen) atoms. The number of carbonyl (C=O) groups excluding carboxylic acids is 1. The molecule has 8 heteroatoms. The van der Waals surface area contributed by atoms with Crippen molar-refractivity contribution in [1.82, 2.24) is 34.0 Å². The molecule has 1 amide bonds. The molecule has 0 N–H and O–H groups in total. The van der Waals surface area contributed by atoms with Gasteiger partial charge in [-0.05, 0) is 20.5 Å². The molecule has 0 bridgehead atoms. The standard InChI is InChI=1S/C18H27N7O/c1-21(2)15-4-6-23(10-15)9-14-8-22(3)20-17(14)18(26)25-11-16(12-25)24-7-5-19-13-24/h5,7-8,13,15-16H,4,6,9-12H2,1-3H3. The maximum Gasteiger partial charge on any atom is 0.274 e. The van der Waals surface area contributed by atoms with Crippen LogP contribution in [0.2, 0.25) is 0 Å². The number of likely N-dealkylation sites (N-methyl/N-ethyl adjacent to an activating group) is 1. The van der Waals surface area contributed by atoms with Crippen LogP contribution < -0.4 is 0 Å². The van der Waals surface area contributed by atoms with Crippen LogP contribution >= 0.6 is 0 Å². The summed E-state index contributed by atoms with van der Waals surface area (Å²) >= 11 is 0. The van der Waals surface area contributed by atoms with Crippen molar-refractivity contribution in [2.45, 2.75) is 25.0 Å². The average molecular weight is 357 g/mol. The van der Waals surface area contributed by atoms with E-state index in [-0.39, 0.29) is 5.91 Å². The van der Waals surface area contributed by atoms with Crippen LogP contribution in [-0.4, -0.2) is 86.3 Å². The smallest absolute Gasteiger partial charge is 0.274 e. The van der Waals surface area contributed by atoms with Crippen molar-refractivity contribution in [3.05, 3.63) is 36.2 Å². The Labute approximate surface area is 154 Å². The molecular weight excluding hydrogens is 330 g/mol. The van der Waals surface area contributed by atoms with Crippen molar-refractivity contribution in [1.29, 1.82) is 0 Å². The summed E-state index contributed by atoms with van der Waals surface area (Å²) in [5.41, 5.74) is 1.63. The van der Waals surface area contributed by atoms with Gasteiger partial charge in [-0.15, -0.1) is 0 Å². The number of imidazole rings is 1. The molecule has 0 aliphatic carbocycles. The predicted molar refractivity (Wildman–Crippen MR) is 97.7 cm³/mol. The Balaban J connectivity index is 1.41. The first kappa shape index (κ1) is 17.2. The number of aryl methyl sites for hydroxylation is 1. The third-order valence-corrected chi connectivity index (χ3v) is 5.57. The summed E-state index contributed by atoms with van der Waals surface area (Å²) in [4.78, 5) is 23.6. The fourth-order valence-corrected chi connectivity index (χ4v) is 3.90. The topological polar surface area (TPSA) is 62.4 Å². The zero-order valence-electron chi connectivity index (χ0n) is 15.7. The SMILES string of the molecule is CN(C)C1CCN(Cc2cn(C)nc2C(=O)N2CC(n3ccnc3)C2)C1. The zero-order chi connectivity index (χ0) is 18.3. The van der Waals surface area contributed by atoms with Crippen LogP contribution in [0.5, 0.6) is 0 Å². The minimum Gasteiger partial charge on any atom is -0.333 e. The highest BCUT2D eigenvalue weighted by molar-refractivity contribution is 5.94. The van der Waals surface area contributed by atoms with E-state index in [9.17, 15) is 4.79 Å². The number of likely N-dealkylation sites (tertiary alicyclic amines) is 2. The van der Waals surface area contributed by atoms with Gasteiger partial charge in [0.05, 0.1) is 12.4 Å². The van der Waals surface area contributed by atoms with Crippen LogP contribution in [0.3, 0.4) is 0 Å². The molecule has 0 radical (unpaired) electrons. The summed E-state index contributed by atoms with van der Waals surface area (Å²) in [7, 11) is 6.15. The van der Waals surface area contributed by atoms with Crippen molar-refractivity contribution in [3.63, 3.8) is 0 Å². The minimum absolute atomic E-state index is 0.0420. The van der Waals surface area contributed by atoms with E-state index in [2.05, 4.69) is 38.5 Å². The van der Waals surface area contributed by atoms with Gasteiger partial charge >= 0.3 is 0 Å². The van der Waals surface area contributed by atoms with E-state index < -0.39 is 0 Å². The van der Waals surface area contributed by atoms with Crippen LogP contribution in [0.25, 0.3) is 0 Å². The Kier molecular flexibility index (Phi) is 4.54. The lowest BCUT2D eigenvalue weighted by atomic mass is 10.1. The molecule has 2 fully saturated rings. The Bertz CT molecular complexity index is 761. The molecule has 0 saturated carbocycles. The van der Waals surface area contributed by atoms with E-state index in [0.717, 1.165) is 38.3 Å². The summed E-state index contributed by atoms with van der Waals surface area (Å²) in [6, 6.07) is 0.921. The molecule has 0 spiro atoms. The molecule has 4 rings (SSSR count). The van der Waals surface area contributed by atoms with Gasteiger partial charge in [-0.25, -0.2) is 4.98 Å². The van der Waals surface area contributed by atoms with Crippen molar-refractivity contribution in [2.75, 3.05) is 40.3 Å². The minimum atomic E-state index is 0.0420. The molecule has 0 aromatic carbocycles. The normalized spacial score (nSPS) is 21.5. The molecular formula is C18H27N7O. The first-order chi connectivity index (χ1) is 12.5. The van der Waals surface area contributed by atoms with Crippen molar-refractivity contribution in [2.24, 2.45) is 7.05 Å². The molecule has 1 atom stereocenters. The molecule has 2 aromatic rings. The quantitative estimate of drug-likeness (QED) is 0.778. The van der Waals surface area contributed by atoms with Gasteiger partial charge in [0.25, 0.3) is 5.91 Å². The molecule has 2 aliphatic heterocycles. The van der Waals surface area contributed by atoms with Crippen LogP contribution in [-0.2, 0) is 13.6 Å². The molecule has 140 valence electrons. The highest BCUT2D eigenvalue weighted by Gasteiger charge is 2.35. The van der Waals surface area contributed by atoms with Crippen LogP contribution in [0.1, 0.15) is 28.5 Å². The van der Waals surface area contributed by atoms with E-state index >= 15 is 0 Å². The van der Waals surface area contributed by atoms with Crippen molar-refractivity contribution < 1.29 is 4.79 Å².